The van der Waals surface area contributed by atoms with E-state index in [9.17, 15) is 9.90 Å². The van der Waals surface area contributed by atoms with Crippen LogP contribution in [0.25, 0.3) is 5.52 Å². The number of pyridine rings is 1. The summed E-state index contributed by atoms with van der Waals surface area (Å²) in [6.07, 6.45) is 3.57. The monoisotopic (exact) mass is 400 g/mol. The first-order chi connectivity index (χ1) is 13.2. The summed E-state index contributed by atoms with van der Waals surface area (Å²) in [4.78, 5) is 18.2. The molecule has 0 aliphatic heterocycles. The Morgan fingerprint density at radius 2 is 2.21 bits per heavy atom. The minimum absolute atomic E-state index is 0.186. The summed E-state index contributed by atoms with van der Waals surface area (Å²) in [5.74, 6) is 0.284. The van der Waals surface area contributed by atoms with Gasteiger partial charge in [0.15, 0.2) is 0 Å². The lowest BCUT2D eigenvalue weighted by Crippen LogP contribution is -2.52. The number of aryl methyl sites for hydroxylation is 2. The highest BCUT2D eigenvalue weighted by Gasteiger charge is 2.29. The summed E-state index contributed by atoms with van der Waals surface area (Å²) in [5.41, 5.74) is 6.95. The van der Waals surface area contributed by atoms with Gasteiger partial charge in [0.25, 0.3) is 5.91 Å². The number of hydrogen-bond acceptors (Lipinski definition) is 6. The third-order valence-corrected chi connectivity index (χ3v) is 5.50. The minimum atomic E-state index is -1.11. The van der Waals surface area contributed by atoms with E-state index in [1.54, 1.807) is 35.1 Å². The zero-order valence-corrected chi connectivity index (χ0v) is 17.0. The number of hydrogen-bond donors (Lipinski definition) is 3. The predicted molar refractivity (Wildman–Crippen MR) is 110 cm³/mol. The zero-order chi connectivity index (χ0) is 20.5. The van der Waals surface area contributed by atoms with Crippen LogP contribution in [-0.4, -0.2) is 32.5 Å². The topological polar surface area (TPSA) is 102 Å². The maximum atomic E-state index is 12.9. The molecule has 1 amide bonds. The van der Waals surface area contributed by atoms with E-state index in [1.165, 1.54) is 0 Å². The van der Waals surface area contributed by atoms with Gasteiger partial charge < -0.3 is 25.3 Å². The van der Waals surface area contributed by atoms with Crippen molar-refractivity contribution in [1.29, 1.82) is 0 Å². The number of aliphatic hydroxyl groups excluding tert-OH is 1. The van der Waals surface area contributed by atoms with Gasteiger partial charge in [-0.05, 0) is 44.5 Å². The molecule has 1 unspecified atom stereocenters. The highest BCUT2D eigenvalue weighted by Crippen LogP contribution is 2.23. The Bertz CT molecular complexity index is 1040. The van der Waals surface area contributed by atoms with E-state index in [1.807, 2.05) is 32.0 Å². The Hall–Kier alpha value is -2.84. The van der Waals surface area contributed by atoms with Gasteiger partial charge in [-0.3, -0.25) is 4.79 Å². The molecule has 3 rings (SSSR count). The van der Waals surface area contributed by atoms with Crippen LogP contribution in [-0.2, 0) is 6.61 Å². The fraction of sp³-hybridized carbons (Fsp3) is 0.300. The van der Waals surface area contributed by atoms with Crippen molar-refractivity contribution in [3.63, 3.8) is 0 Å². The Kier molecular flexibility index (Phi) is 5.44. The second-order valence-corrected chi connectivity index (χ2v) is 8.26. The second-order valence-electron chi connectivity index (χ2n) is 6.94. The fourth-order valence-electron chi connectivity index (χ4n) is 2.82. The van der Waals surface area contributed by atoms with Gasteiger partial charge in [-0.15, -0.1) is 11.3 Å². The second kappa shape index (κ2) is 7.65. The zero-order valence-electron chi connectivity index (χ0n) is 16.2. The lowest BCUT2D eigenvalue weighted by Gasteiger charge is -2.28. The van der Waals surface area contributed by atoms with Gasteiger partial charge in [0.2, 0.25) is 0 Å². The lowest BCUT2D eigenvalue weighted by molar-refractivity contribution is 0.0874. The molecule has 0 saturated carbocycles. The van der Waals surface area contributed by atoms with Crippen LogP contribution in [0.15, 0.2) is 42.9 Å². The Morgan fingerprint density at radius 1 is 1.46 bits per heavy atom. The lowest BCUT2D eigenvalue weighted by atomic mass is 10.00. The summed E-state index contributed by atoms with van der Waals surface area (Å²) in [5, 5.41) is 13.4. The van der Waals surface area contributed by atoms with Gasteiger partial charge in [0, 0.05) is 17.4 Å². The van der Waals surface area contributed by atoms with Crippen LogP contribution in [0.5, 0.6) is 5.75 Å². The summed E-state index contributed by atoms with van der Waals surface area (Å²) < 4.78 is 7.63. The number of aliphatic hydroxyl groups is 1. The number of nitrogens with zero attached hydrogens (tertiary/aromatic N) is 2. The molecule has 0 spiro atoms. The van der Waals surface area contributed by atoms with E-state index in [0.717, 1.165) is 21.0 Å². The number of aromatic nitrogens is 2. The molecule has 0 aliphatic carbocycles. The van der Waals surface area contributed by atoms with Crippen molar-refractivity contribution in [2.24, 2.45) is 5.73 Å². The van der Waals surface area contributed by atoms with Crippen molar-refractivity contribution in [3.05, 3.63) is 64.0 Å². The Balaban J connectivity index is 1.88. The number of carbonyl (C=O) groups is 1. The van der Waals surface area contributed by atoms with E-state index in [4.69, 9.17) is 10.5 Å². The molecular formula is C20H24N4O3S. The van der Waals surface area contributed by atoms with Crippen molar-refractivity contribution in [2.45, 2.75) is 32.9 Å². The molecule has 1 atom stereocenters. The molecule has 0 aromatic carbocycles. The third-order valence-electron chi connectivity index (χ3n) is 4.61. The molecular weight excluding hydrogens is 376 g/mol. The van der Waals surface area contributed by atoms with Gasteiger partial charge >= 0.3 is 0 Å². The number of nitrogens with one attached hydrogen (secondary N) is 1. The number of amides is 1. The number of rotatable bonds is 7. The molecule has 0 bridgehead atoms. The van der Waals surface area contributed by atoms with E-state index < -0.39 is 5.54 Å². The van der Waals surface area contributed by atoms with Crippen LogP contribution >= 0.6 is 11.3 Å². The van der Waals surface area contributed by atoms with E-state index in [2.05, 4.69) is 16.9 Å². The van der Waals surface area contributed by atoms with Gasteiger partial charge in [-0.2, -0.15) is 0 Å². The van der Waals surface area contributed by atoms with Gasteiger partial charge in [0.1, 0.15) is 18.1 Å². The van der Waals surface area contributed by atoms with E-state index in [-0.39, 0.29) is 18.2 Å². The molecule has 28 heavy (non-hydrogen) atoms. The summed E-state index contributed by atoms with van der Waals surface area (Å²) in [7, 11) is 0. The average Bonchev–Trinajstić information content (AvgIpc) is 3.21. The summed E-state index contributed by atoms with van der Waals surface area (Å²) in [6, 6.07) is 5.67. The molecule has 3 aromatic heterocycles. The predicted octanol–water partition coefficient (Wildman–Crippen LogP) is 2.54. The number of fused-ring (bicyclic) bond motifs is 1. The van der Waals surface area contributed by atoms with E-state index in [0.29, 0.717) is 18.1 Å². The average molecular weight is 401 g/mol. The summed E-state index contributed by atoms with van der Waals surface area (Å²) in [6.45, 7) is 9.16. The molecule has 3 heterocycles. The van der Waals surface area contributed by atoms with Gasteiger partial charge in [-0.25, -0.2) is 4.98 Å². The molecule has 3 aromatic rings. The fourth-order valence-corrected chi connectivity index (χ4v) is 3.52. The van der Waals surface area contributed by atoms with Crippen LogP contribution < -0.4 is 15.8 Å². The largest absolute Gasteiger partial charge is 0.486 e. The maximum absolute atomic E-state index is 12.9. The normalized spacial score (nSPS) is 13.3. The summed E-state index contributed by atoms with van der Waals surface area (Å²) >= 11 is 1.58. The van der Waals surface area contributed by atoms with Crippen molar-refractivity contribution in [1.82, 2.24) is 14.7 Å². The molecule has 148 valence electrons. The first-order valence-corrected chi connectivity index (χ1v) is 9.59. The molecule has 4 N–H and O–H groups in total. The quantitative estimate of drug-likeness (QED) is 0.566. The third kappa shape index (κ3) is 3.88. The van der Waals surface area contributed by atoms with Gasteiger partial charge in [0.05, 0.1) is 28.2 Å². The molecule has 0 aliphatic rings. The van der Waals surface area contributed by atoms with Crippen molar-refractivity contribution < 1.29 is 14.6 Å². The standard InChI is InChI=1S/C20H24N4O3S/c1-12-7-15-5-6-16(27-10-17-8-22-14(3)28-17)9-24(15)18(12)19(26)23-20(4,11-25)13(2)21/h5-9,25H,2,10-11,21H2,1,3-4H3,(H,23,26). The first-order valence-electron chi connectivity index (χ1n) is 8.77. The Labute approximate surface area is 167 Å². The number of carbonyl (C=O) groups excluding carboxylic acids is 1. The highest BCUT2D eigenvalue weighted by atomic mass is 32.1. The van der Waals surface area contributed by atoms with E-state index >= 15 is 0 Å². The molecule has 0 fully saturated rings. The van der Waals surface area contributed by atoms with Crippen molar-refractivity contribution in [3.8, 4) is 5.75 Å². The van der Waals surface area contributed by atoms with Gasteiger partial charge in [-0.1, -0.05) is 6.58 Å². The maximum Gasteiger partial charge on any atom is 0.269 e. The molecule has 0 saturated heterocycles. The Morgan fingerprint density at radius 3 is 2.82 bits per heavy atom. The highest BCUT2D eigenvalue weighted by molar-refractivity contribution is 7.11. The molecule has 0 radical (unpaired) electrons. The minimum Gasteiger partial charge on any atom is -0.486 e. The van der Waals surface area contributed by atoms with Crippen LogP contribution in [0.4, 0.5) is 0 Å². The SMILES string of the molecule is C=C(N)C(C)(CO)NC(=O)c1c(C)cc2ccc(OCc3cnc(C)s3)cn12. The first kappa shape index (κ1) is 19.9. The number of thiazole rings is 1. The smallest absolute Gasteiger partial charge is 0.269 e. The van der Waals surface area contributed by atoms with Crippen molar-refractivity contribution >= 4 is 22.8 Å². The van der Waals surface area contributed by atoms with Crippen LogP contribution in [0.3, 0.4) is 0 Å². The van der Waals surface area contributed by atoms with Crippen molar-refractivity contribution in [2.75, 3.05) is 6.61 Å². The number of nitrogens with two attached hydrogens (primary N) is 1. The molecule has 8 heteroatoms. The van der Waals surface area contributed by atoms with Crippen LogP contribution in [0.1, 0.15) is 32.9 Å². The number of ether oxygens (including phenoxy) is 1. The van der Waals surface area contributed by atoms with Crippen LogP contribution in [0.2, 0.25) is 0 Å². The van der Waals surface area contributed by atoms with Crippen LogP contribution in [0, 0.1) is 13.8 Å². The molecule has 7 nitrogen and oxygen atoms in total.